The fraction of sp³-hybridized carbons (Fsp3) is 0.500. The summed E-state index contributed by atoms with van der Waals surface area (Å²) < 4.78 is 0. The minimum absolute atomic E-state index is 0. The Morgan fingerprint density at radius 2 is 1.91 bits per heavy atom. The Labute approximate surface area is 68.1 Å². The summed E-state index contributed by atoms with van der Waals surface area (Å²) in [5, 5.41) is 0. The maximum atomic E-state index is 3.29. The van der Waals surface area contributed by atoms with E-state index in [1.54, 1.807) is 0 Å². The second kappa shape index (κ2) is 1.88. The van der Waals surface area contributed by atoms with Crippen molar-refractivity contribution in [2.75, 3.05) is 0 Å². The van der Waals surface area contributed by atoms with Crippen LogP contribution in [0.5, 0.6) is 0 Å². The summed E-state index contributed by atoms with van der Waals surface area (Å²) in [6, 6.07) is 0. The summed E-state index contributed by atoms with van der Waals surface area (Å²) in [4.78, 5) is 0. The van der Waals surface area contributed by atoms with Crippen molar-refractivity contribution in [2.45, 2.75) is 20.8 Å². The molecule has 0 spiro atoms. The van der Waals surface area contributed by atoms with Gasteiger partial charge in [-0.05, 0) is 6.08 Å². The van der Waals surface area contributed by atoms with Crippen LogP contribution in [0.3, 0.4) is 0 Å². The summed E-state index contributed by atoms with van der Waals surface area (Å²) >= 11 is 0. The number of fused-ring (bicyclic) bond motifs is 2. The van der Waals surface area contributed by atoms with Crippen LogP contribution in [0.4, 0.5) is 0 Å². The van der Waals surface area contributed by atoms with Gasteiger partial charge in [-0.2, -0.15) is 0 Å². The van der Waals surface area contributed by atoms with Gasteiger partial charge >= 0.3 is 0 Å². The maximum absolute atomic E-state index is 3.29. The van der Waals surface area contributed by atoms with Crippen LogP contribution in [0.15, 0.2) is 29.5 Å². The van der Waals surface area contributed by atoms with E-state index in [1.807, 2.05) is 0 Å². The van der Waals surface area contributed by atoms with Gasteiger partial charge in [0.05, 0.1) is 0 Å². The third kappa shape index (κ3) is 0.699. The monoisotopic (exact) mass is 146 g/mol. The SMILES string of the molecule is CC12C=C=C(C=C1)C2(C)C.[N]. The normalized spacial score (nSPS) is 35.4. The van der Waals surface area contributed by atoms with Crippen molar-refractivity contribution in [3.63, 3.8) is 0 Å². The van der Waals surface area contributed by atoms with E-state index in [-0.39, 0.29) is 11.6 Å². The molecule has 0 saturated carbocycles. The highest BCUT2D eigenvalue weighted by molar-refractivity contribution is 5.45. The summed E-state index contributed by atoms with van der Waals surface area (Å²) in [5.74, 6) is 0. The van der Waals surface area contributed by atoms with E-state index < -0.39 is 0 Å². The fourth-order valence-electron chi connectivity index (χ4n) is 1.65. The standard InChI is InChI=1S/C10H12.N/c1-9(2)8-4-6-10(9,3)7-5-8;/h4,6-7H,1-3H3;. The molecule has 0 saturated heterocycles. The van der Waals surface area contributed by atoms with Crippen LogP contribution in [0.25, 0.3) is 0 Å². The van der Waals surface area contributed by atoms with Crippen molar-refractivity contribution < 1.29 is 0 Å². The van der Waals surface area contributed by atoms with Gasteiger partial charge in [0.15, 0.2) is 0 Å². The Hall–Kier alpha value is -0.780. The van der Waals surface area contributed by atoms with Gasteiger partial charge < -0.3 is 0 Å². The second-order valence-corrected chi connectivity index (χ2v) is 3.94. The zero-order valence-electron chi connectivity index (χ0n) is 7.18. The van der Waals surface area contributed by atoms with Crippen molar-refractivity contribution in [3.05, 3.63) is 29.5 Å². The molecule has 3 radical (unpaired) electrons. The Morgan fingerprint density at radius 3 is 2.00 bits per heavy atom. The lowest BCUT2D eigenvalue weighted by molar-refractivity contribution is 0.288. The predicted octanol–water partition coefficient (Wildman–Crippen LogP) is 2.20. The topological polar surface area (TPSA) is 30.5 Å². The molecule has 2 aliphatic carbocycles. The first-order valence-corrected chi connectivity index (χ1v) is 3.74. The zero-order chi connectivity index (χ0) is 7.41. The van der Waals surface area contributed by atoms with E-state index in [0.29, 0.717) is 5.41 Å². The lowest BCUT2D eigenvalue weighted by atomic mass is 9.71. The first kappa shape index (κ1) is 8.32. The predicted molar refractivity (Wildman–Crippen MR) is 44.8 cm³/mol. The lowest BCUT2D eigenvalue weighted by Crippen LogP contribution is -2.25. The second-order valence-electron chi connectivity index (χ2n) is 3.94. The van der Waals surface area contributed by atoms with Crippen LogP contribution in [0.1, 0.15) is 20.8 Å². The molecule has 0 N–H and O–H groups in total. The van der Waals surface area contributed by atoms with Gasteiger partial charge in [-0.15, -0.1) is 5.73 Å². The minimum atomic E-state index is 0. The molecule has 1 atom stereocenters. The fourth-order valence-corrected chi connectivity index (χ4v) is 1.65. The van der Waals surface area contributed by atoms with Gasteiger partial charge in [-0.25, -0.2) is 0 Å². The first-order valence-electron chi connectivity index (χ1n) is 3.74. The maximum Gasteiger partial charge on any atom is 0.0209 e. The molecule has 2 bridgehead atoms. The Kier molecular flexibility index (Phi) is 1.42. The summed E-state index contributed by atoms with van der Waals surface area (Å²) in [5.41, 5.74) is 5.20. The number of allylic oxidation sites excluding steroid dienone is 3. The molecule has 1 unspecified atom stereocenters. The van der Waals surface area contributed by atoms with Crippen LogP contribution in [-0.2, 0) is 0 Å². The summed E-state index contributed by atoms with van der Waals surface area (Å²) in [6.45, 7) is 6.81. The van der Waals surface area contributed by atoms with Gasteiger partial charge in [-0.3, -0.25) is 0 Å². The van der Waals surface area contributed by atoms with Gasteiger partial charge in [0, 0.05) is 22.6 Å². The third-order valence-electron chi connectivity index (χ3n) is 3.14. The van der Waals surface area contributed by atoms with E-state index in [9.17, 15) is 0 Å². The van der Waals surface area contributed by atoms with Crippen molar-refractivity contribution in [2.24, 2.45) is 10.8 Å². The van der Waals surface area contributed by atoms with Crippen molar-refractivity contribution in [3.8, 4) is 0 Å². The number of nitrogens with zero attached hydrogens (tertiary/aromatic N) is 1. The quantitative estimate of drug-likeness (QED) is 0.469. The summed E-state index contributed by atoms with van der Waals surface area (Å²) in [6.07, 6.45) is 6.65. The van der Waals surface area contributed by atoms with Crippen LogP contribution < -0.4 is 6.15 Å². The molecule has 0 aromatic carbocycles. The van der Waals surface area contributed by atoms with Crippen molar-refractivity contribution in [1.82, 2.24) is 6.15 Å². The Balaban J connectivity index is 0.000000605. The molecule has 0 heterocycles. The van der Waals surface area contributed by atoms with E-state index in [1.165, 1.54) is 5.57 Å². The molecular formula is C10H12N. The highest BCUT2D eigenvalue weighted by Crippen LogP contribution is 2.54. The van der Waals surface area contributed by atoms with Gasteiger partial charge in [-0.1, -0.05) is 32.9 Å². The average molecular weight is 146 g/mol. The molecule has 0 amide bonds. The van der Waals surface area contributed by atoms with Gasteiger partial charge in [0.2, 0.25) is 0 Å². The Morgan fingerprint density at radius 1 is 1.27 bits per heavy atom. The molecule has 11 heavy (non-hydrogen) atoms. The smallest absolute Gasteiger partial charge is 0.0209 e. The molecule has 0 aliphatic heterocycles. The molecule has 0 aromatic heterocycles. The number of rotatable bonds is 0. The highest BCUT2D eigenvalue weighted by Gasteiger charge is 2.46. The molecule has 2 aliphatic rings. The third-order valence-corrected chi connectivity index (χ3v) is 3.14. The first-order chi connectivity index (χ1) is 4.56. The molecule has 1 nitrogen and oxygen atoms in total. The van der Waals surface area contributed by atoms with E-state index in [0.717, 1.165) is 0 Å². The van der Waals surface area contributed by atoms with E-state index >= 15 is 0 Å². The van der Waals surface area contributed by atoms with Crippen LogP contribution >= 0.6 is 0 Å². The largest absolute Gasteiger partial charge is 0.120 e. The molecule has 0 fully saturated rings. The van der Waals surface area contributed by atoms with E-state index in [4.69, 9.17) is 0 Å². The minimum Gasteiger partial charge on any atom is -0.120 e. The van der Waals surface area contributed by atoms with Gasteiger partial charge in [0.1, 0.15) is 0 Å². The molecule has 57 valence electrons. The summed E-state index contributed by atoms with van der Waals surface area (Å²) in [7, 11) is 0. The highest BCUT2D eigenvalue weighted by atomic mass is 14.5. The van der Waals surface area contributed by atoms with Crippen LogP contribution in [-0.4, -0.2) is 0 Å². The van der Waals surface area contributed by atoms with Crippen molar-refractivity contribution >= 4 is 0 Å². The zero-order valence-corrected chi connectivity index (χ0v) is 7.18. The Bertz CT molecular complexity index is 277. The van der Waals surface area contributed by atoms with Crippen molar-refractivity contribution in [1.29, 1.82) is 0 Å². The lowest BCUT2D eigenvalue weighted by Gasteiger charge is -2.31. The average Bonchev–Trinajstić information content (AvgIpc) is 2.18. The molecule has 0 aromatic rings. The van der Waals surface area contributed by atoms with Gasteiger partial charge in [0.25, 0.3) is 0 Å². The molecule has 1 heteroatoms. The van der Waals surface area contributed by atoms with E-state index in [2.05, 4.69) is 44.7 Å². The van der Waals surface area contributed by atoms with Crippen LogP contribution in [0, 0.1) is 10.8 Å². The number of hydrogen-bond donors (Lipinski definition) is 0. The number of hydrogen-bond acceptors (Lipinski definition) is 0. The molecule has 2 rings (SSSR count). The molecular weight excluding hydrogens is 134 g/mol. The van der Waals surface area contributed by atoms with Crippen LogP contribution in [0.2, 0.25) is 0 Å².